The van der Waals surface area contributed by atoms with E-state index in [1.165, 1.54) is 6.20 Å². The van der Waals surface area contributed by atoms with Gasteiger partial charge in [0, 0.05) is 11.7 Å². The minimum absolute atomic E-state index is 0.0596. The summed E-state index contributed by atoms with van der Waals surface area (Å²) in [6, 6.07) is 3.27. The molecular weight excluding hydrogens is 322 g/mol. The van der Waals surface area contributed by atoms with Gasteiger partial charge in [-0.3, -0.25) is 0 Å². The summed E-state index contributed by atoms with van der Waals surface area (Å²) in [5.41, 5.74) is -2.96. The topological polar surface area (TPSA) is 40.6 Å². The van der Waals surface area contributed by atoms with Crippen LogP contribution in [0.15, 0.2) is 18.3 Å². The zero-order valence-electron chi connectivity index (χ0n) is 14.2. The number of hydrogen-bond acceptors (Lipinski definition) is 4. The van der Waals surface area contributed by atoms with Crippen molar-refractivity contribution in [2.45, 2.75) is 69.9 Å². The van der Waals surface area contributed by atoms with Gasteiger partial charge in [-0.2, -0.15) is 13.2 Å². The number of hydrogen-bond donors (Lipinski definition) is 0. The number of ether oxygens (including phenoxy) is 1. The van der Waals surface area contributed by atoms with Crippen LogP contribution >= 0.6 is 0 Å². The van der Waals surface area contributed by atoms with E-state index in [9.17, 15) is 13.2 Å². The second-order valence-electron chi connectivity index (χ2n) is 7.43. The molecule has 2 heterocycles. The van der Waals surface area contributed by atoms with Gasteiger partial charge >= 0.3 is 13.3 Å². The van der Waals surface area contributed by atoms with Gasteiger partial charge < -0.3 is 14.0 Å². The molecule has 1 saturated heterocycles. The van der Waals surface area contributed by atoms with Crippen LogP contribution in [-0.2, 0) is 9.31 Å². The first kappa shape index (κ1) is 17.5. The van der Waals surface area contributed by atoms with Gasteiger partial charge in [0.1, 0.15) is 0 Å². The van der Waals surface area contributed by atoms with Gasteiger partial charge in [0.15, 0.2) is 0 Å². The summed E-state index contributed by atoms with van der Waals surface area (Å²) in [6.45, 7) is 7.53. The molecule has 0 aromatic carbocycles. The molecule has 0 N–H and O–H groups in total. The molecule has 132 valence electrons. The first-order chi connectivity index (χ1) is 11.0. The van der Waals surface area contributed by atoms with Gasteiger partial charge in [-0.15, -0.1) is 0 Å². The standard InChI is InChI=1S/C16H21BF3NO3/c1-13(2)14(3,4)24-17(23-13)11-7-5-10-21-12(11)22-15(8-6-9-15)16(18,19)20/h5,7,10H,6,8-9H2,1-4H3. The third-order valence-corrected chi connectivity index (χ3v) is 5.28. The molecule has 1 aromatic rings. The zero-order chi connectivity index (χ0) is 17.8. The van der Waals surface area contributed by atoms with Crippen LogP contribution in [0.3, 0.4) is 0 Å². The van der Waals surface area contributed by atoms with Crippen LogP contribution < -0.4 is 10.2 Å². The van der Waals surface area contributed by atoms with E-state index in [1.54, 1.807) is 12.1 Å². The first-order valence-corrected chi connectivity index (χ1v) is 8.04. The maximum atomic E-state index is 13.4. The number of alkyl halides is 3. The Morgan fingerprint density at radius 1 is 1.12 bits per heavy atom. The van der Waals surface area contributed by atoms with Crippen molar-refractivity contribution >= 4 is 12.6 Å². The highest BCUT2D eigenvalue weighted by molar-refractivity contribution is 6.63. The van der Waals surface area contributed by atoms with Crippen LogP contribution in [0.1, 0.15) is 47.0 Å². The molecule has 1 aromatic heterocycles. The molecule has 2 fully saturated rings. The van der Waals surface area contributed by atoms with Crippen molar-refractivity contribution < 1.29 is 27.2 Å². The van der Waals surface area contributed by atoms with Crippen molar-refractivity contribution in [1.82, 2.24) is 4.98 Å². The van der Waals surface area contributed by atoms with Gasteiger partial charge in [0.25, 0.3) is 0 Å². The van der Waals surface area contributed by atoms with E-state index in [2.05, 4.69) is 4.98 Å². The van der Waals surface area contributed by atoms with E-state index in [0.29, 0.717) is 11.9 Å². The monoisotopic (exact) mass is 343 g/mol. The molecule has 0 unspecified atom stereocenters. The van der Waals surface area contributed by atoms with E-state index >= 15 is 0 Å². The number of nitrogens with zero attached hydrogens (tertiary/aromatic N) is 1. The summed E-state index contributed by atoms with van der Waals surface area (Å²) in [6.07, 6.45) is -2.66. The third kappa shape index (κ3) is 2.69. The average molecular weight is 343 g/mol. The summed E-state index contributed by atoms with van der Waals surface area (Å²) >= 11 is 0. The Kier molecular flexibility index (Phi) is 3.92. The molecule has 1 aliphatic carbocycles. The van der Waals surface area contributed by atoms with Gasteiger partial charge in [0.2, 0.25) is 11.5 Å². The minimum Gasteiger partial charge on any atom is -0.462 e. The van der Waals surface area contributed by atoms with Crippen LogP contribution in [0.4, 0.5) is 13.2 Å². The van der Waals surface area contributed by atoms with Crippen molar-refractivity contribution in [2.75, 3.05) is 0 Å². The smallest absolute Gasteiger partial charge is 0.462 e. The highest BCUT2D eigenvalue weighted by Crippen LogP contribution is 2.48. The molecule has 2 aliphatic rings. The molecule has 24 heavy (non-hydrogen) atoms. The van der Waals surface area contributed by atoms with E-state index < -0.39 is 30.1 Å². The van der Waals surface area contributed by atoms with Crippen LogP contribution in [0.2, 0.25) is 0 Å². The highest BCUT2D eigenvalue weighted by atomic mass is 19.4. The number of halogens is 3. The lowest BCUT2D eigenvalue weighted by atomic mass is 9.77. The Hall–Kier alpha value is -1.28. The fourth-order valence-electron chi connectivity index (χ4n) is 2.76. The van der Waals surface area contributed by atoms with Gasteiger partial charge in [-0.25, -0.2) is 4.98 Å². The molecule has 0 amide bonds. The van der Waals surface area contributed by atoms with Crippen LogP contribution in [-0.4, -0.2) is 35.1 Å². The molecule has 0 atom stereocenters. The quantitative estimate of drug-likeness (QED) is 0.790. The SMILES string of the molecule is CC1(C)OB(c2cccnc2OC2(C(F)(F)F)CCC2)OC1(C)C. The van der Waals surface area contributed by atoms with Crippen molar-refractivity contribution in [3.8, 4) is 5.88 Å². The van der Waals surface area contributed by atoms with E-state index in [4.69, 9.17) is 14.0 Å². The third-order valence-electron chi connectivity index (χ3n) is 5.28. The van der Waals surface area contributed by atoms with E-state index in [-0.39, 0.29) is 18.7 Å². The van der Waals surface area contributed by atoms with Crippen molar-refractivity contribution in [3.05, 3.63) is 18.3 Å². The summed E-state index contributed by atoms with van der Waals surface area (Å²) in [5.74, 6) is -0.0759. The predicted molar refractivity (Wildman–Crippen MR) is 83.2 cm³/mol. The molecule has 1 saturated carbocycles. The van der Waals surface area contributed by atoms with Gasteiger partial charge in [0.05, 0.1) is 11.2 Å². The highest BCUT2D eigenvalue weighted by Gasteiger charge is 2.62. The lowest BCUT2D eigenvalue weighted by Gasteiger charge is -2.42. The Morgan fingerprint density at radius 3 is 2.17 bits per heavy atom. The average Bonchev–Trinajstić information content (AvgIpc) is 2.61. The normalized spacial score (nSPS) is 24.5. The Labute approximate surface area is 139 Å². The van der Waals surface area contributed by atoms with Crippen LogP contribution in [0, 0.1) is 0 Å². The molecular formula is C16H21BF3NO3. The maximum Gasteiger partial charge on any atom is 0.500 e. The fraction of sp³-hybridized carbons (Fsp3) is 0.688. The van der Waals surface area contributed by atoms with Gasteiger partial charge in [-0.05, 0) is 53.0 Å². The Bertz CT molecular complexity index is 613. The second-order valence-corrected chi connectivity index (χ2v) is 7.43. The molecule has 4 nitrogen and oxygen atoms in total. The summed E-state index contributed by atoms with van der Waals surface area (Å²) < 4.78 is 57.4. The van der Waals surface area contributed by atoms with E-state index in [0.717, 1.165) is 0 Å². The lowest BCUT2D eigenvalue weighted by molar-refractivity contribution is -0.275. The summed E-state index contributed by atoms with van der Waals surface area (Å²) in [7, 11) is -0.816. The molecule has 1 aliphatic heterocycles. The van der Waals surface area contributed by atoms with E-state index in [1.807, 2.05) is 27.7 Å². The molecule has 8 heteroatoms. The predicted octanol–water partition coefficient (Wildman–Crippen LogP) is 3.24. The zero-order valence-corrected chi connectivity index (χ0v) is 14.2. The summed E-state index contributed by atoms with van der Waals surface area (Å²) in [5, 5.41) is 0. The minimum atomic E-state index is -4.43. The second kappa shape index (κ2) is 5.36. The molecule has 0 bridgehead atoms. The van der Waals surface area contributed by atoms with Gasteiger partial charge in [-0.1, -0.05) is 6.07 Å². The number of pyridine rings is 1. The van der Waals surface area contributed by atoms with Crippen LogP contribution in [0.25, 0.3) is 0 Å². The number of rotatable bonds is 3. The van der Waals surface area contributed by atoms with Crippen molar-refractivity contribution in [3.63, 3.8) is 0 Å². The van der Waals surface area contributed by atoms with Crippen LogP contribution in [0.5, 0.6) is 5.88 Å². The number of aromatic nitrogens is 1. The lowest BCUT2D eigenvalue weighted by Crippen LogP contribution is -2.56. The largest absolute Gasteiger partial charge is 0.500 e. The maximum absolute atomic E-state index is 13.4. The molecule has 3 rings (SSSR count). The molecule has 0 radical (unpaired) electrons. The Balaban J connectivity index is 1.90. The Morgan fingerprint density at radius 2 is 1.71 bits per heavy atom. The molecule has 0 spiro atoms. The van der Waals surface area contributed by atoms with Crippen molar-refractivity contribution in [2.24, 2.45) is 0 Å². The first-order valence-electron chi connectivity index (χ1n) is 8.04. The fourth-order valence-corrected chi connectivity index (χ4v) is 2.76. The summed E-state index contributed by atoms with van der Waals surface area (Å²) in [4.78, 5) is 4.02. The van der Waals surface area contributed by atoms with Crippen molar-refractivity contribution in [1.29, 1.82) is 0 Å².